The topological polar surface area (TPSA) is 86.5 Å². The van der Waals surface area contributed by atoms with E-state index in [1.54, 1.807) is 19.1 Å². The number of benzene rings is 2. The van der Waals surface area contributed by atoms with Gasteiger partial charge in [-0.1, -0.05) is 18.2 Å². The van der Waals surface area contributed by atoms with Crippen LogP contribution in [0.1, 0.15) is 16.7 Å². The fraction of sp³-hybridized carbons (Fsp3) is 0.200. The molecule has 0 unspecified atom stereocenters. The number of nitro groups is 1. The molecule has 6 nitrogen and oxygen atoms in total. The Morgan fingerprint density at radius 1 is 1.09 bits per heavy atom. The van der Waals surface area contributed by atoms with Gasteiger partial charge < -0.3 is 4.18 Å². The molecule has 0 radical (unpaired) electrons. The summed E-state index contributed by atoms with van der Waals surface area (Å²) >= 11 is 0. The first-order valence-corrected chi connectivity index (χ1v) is 7.89. The van der Waals surface area contributed by atoms with Crippen molar-refractivity contribution in [3.63, 3.8) is 0 Å². The van der Waals surface area contributed by atoms with Crippen molar-refractivity contribution in [2.75, 3.05) is 0 Å². The second kappa shape index (κ2) is 5.76. The third-order valence-electron chi connectivity index (χ3n) is 3.26. The molecule has 0 spiro atoms. The molecule has 0 bridgehead atoms. The minimum Gasteiger partial charge on any atom is -0.379 e. The van der Waals surface area contributed by atoms with E-state index in [2.05, 4.69) is 0 Å². The fourth-order valence-corrected chi connectivity index (χ4v) is 3.26. The molecule has 0 aliphatic heterocycles. The van der Waals surface area contributed by atoms with Gasteiger partial charge in [-0.3, -0.25) is 10.1 Å². The van der Waals surface area contributed by atoms with Gasteiger partial charge >= 0.3 is 10.1 Å². The zero-order valence-electron chi connectivity index (χ0n) is 12.4. The number of aryl methyl sites for hydroxylation is 2. The van der Waals surface area contributed by atoms with Crippen LogP contribution in [0.25, 0.3) is 0 Å². The van der Waals surface area contributed by atoms with E-state index in [1.807, 2.05) is 13.0 Å². The Labute approximate surface area is 128 Å². The van der Waals surface area contributed by atoms with E-state index in [0.717, 1.165) is 5.56 Å². The van der Waals surface area contributed by atoms with Gasteiger partial charge in [-0.25, -0.2) is 0 Å². The van der Waals surface area contributed by atoms with Crippen LogP contribution in [-0.2, 0) is 10.1 Å². The molecule has 0 amide bonds. The SMILES string of the molecule is Cc1ccc(C)c(OS(=O)(=O)c2cccc([N+](=O)[O-])c2C)c1. The molecule has 2 aromatic rings. The average Bonchev–Trinajstić information content (AvgIpc) is 2.42. The van der Waals surface area contributed by atoms with Crippen molar-refractivity contribution in [2.45, 2.75) is 25.7 Å². The molecule has 2 aromatic carbocycles. The van der Waals surface area contributed by atoms with E-state index in [4.69, 9.17) is 4.18 Å². The predicted molar refractivity (Wildman–Crippen MR) is 81.6 cm³/mol. The summed E-state index contributed by atoms with van der Waals surface area (Å²) in [5.41, 5.74) is 1.31. The van der Waals surface area contributed by atoms with Gasteiger partial charge in [-0.15, -0.1) is 0 Å². The highest BCUT2D eigenvalue weighted by Gasteiger charge is 2.25. The molecule has 0 heterocycles. The second-order valence-electron chi connectivity index (χ2n) is 4.96. The van der Waals surface area contributed by atoms with E-state index < -0.39 is 15.0 Å². The molecule has 0 N–H and O–H groups in total. The van der Waals surface area contributed by atoms with E-state index in [9.17, 15) is 18.5 Å². The summed E-state index contributed by atoms with van der Waals surface area (Å²) in [7, 11) is -4.14. The molecular weight excluding hydrogens is 306 g/mol. The van der Waals surface area contributed by atoms with Gasteiger partial charge in [0.05, 0.1) is 4.92 Å². The molecule has 0 saturated heterocycles. The van der Waals surface area contributed by atoms with Gasteiger partial charge in [-0.05, 0) is 44.0 Å². The third kappa shape index (κ3) is 3.09. The van der Waals surface area contributed by atoms with Crippen molar-refractivity contribution in [3.8, 4) is 5.75 Å². The van der Waals surface area contributed by atoms with Crippen LogP contribution in [0.5, 0.6) is 5.75 Å². The Kier molecular flexibility index (Phi) is 4.18. The lowest BCUT2D eigenvalue weighted by Gasteiger charge is -2.11. The Balaban J connectivity index is 2.50. The molecule has 7 heteroatoms. The lowest BCUT2D eigenvalue weighted by Crippen LogP contribution is -2.13. The molecule has 116 valence electrons. The van der Waals surface area contributed by atoms with Crippen LogP contribution in [0.2, 0.25) is 0 Å². The monoisotopic (exact) mass is 321 g/mol. The van der Waals surface area contributed by atoms with Gasteiger partial charge in [0.2, 0.25) is 0 Å². The number of nitro benzene ring substituents is 1. The summed E-state index contributed by atoms with van der Waals surface area (Å²) in [6.07, 6.45) is 0. The number of hydrogen-bond acceptors (Lipinski definition) is 5. The van der Waals surface area contributed by atoms with Gasteiger partial charge in [0.1, 0.15) is 10.6 Å². The molecule has 0 saturated carbocycles. The largest absolute Gasteiger partial charge is 0.379 e. The molecule has 0 aliphatic rings. The minimum absolute atomic E-state index is 0.0535. The van der Waals surface area contributed by atoms with E-state index >= 15 is 0 Å². The molecule has 0 atom stereocenters. The standard InChI is InChI=1S/C15H15NO5S/c1-10-7-8-11(2)14(9-10)21-22(19,20)15-6-4-5-13(12(15)3)16(17)18/h4-9H,1-3H3. The van der Waals surface area contributed by atoms with Crippen LogP contribution >= 0.6 is 0 Å². The number of nitrogens with zero attached hydrogens (tertiary/aromatic N) is 1. The van der Waals surface area contributed by atoms with Crippen molar-refractivity contribution >= 4 is 15.8 Å². The highest BCUT2D eigenvalue weighted by atomic mass is 32.2. The number of rotatable bonds is 4. The Morgan fingerprint density at radius 2 is 1.77 bits per heavy atom. The summed E-state index contributed by atoms with van der Waals surface area (Å²) in [5.74, 6) is 0.214. The molecule has 2 rings (SSSR count). The van der Waals surface area contributed by atoms with Crippen LogP contribution in [0, 0.1) is 30.9 Å². The Bertz CT molecular complexity index is 843. The third-order valence-corrected chi connectivity index (χ3v) is 4.64. The van der Waals surface area contributed by atoms with Crippen molar-refractivity contribution < 1.29 is 17.5 Å². The second-order valence-corrected chi connectivity index (χ2v) is 6.48. The highest BCUT2D eigenvalue weighted by molar-refractivity contribution is 7.87. The minimum atomic E-state index is -4.14. The first-order valence-electron chi connectivity index (χ1n) is 6.48. The number of hydrogen-bond donors (Lipinski definition) is 0. The van der Waals surface area contributed by atoms with Gasteiger partial charge in [0.25, 0.3) is 5.69 Å². The lowest BCUT2D eigenvalue weighted by molar-refractivity contribution is -0.385. The molecule has 0 aromatic heterocycles. The van der Waals surface area contributed by atoms with Crippen LogP contribution < -0.4 is 4.18 Å². The predicted octanol–water partition coefficient (Wildman–Crippen LogP) is 3.29. The Hall–Kier alpha value is -2.41. The maximum Gasteiger partial charge on any atom is 0.339 e. The molecule has 22 heavy (non-hydrogen) atoms. The zero-order valence-corrected chi connectivity index (χ0v) is 13.2. The van der Waals surface area contributed by atoms with Crippen LogP contribution in [0.4, 0.5) is 5.69 Å². The first kappa shape index (κ1) is 16.0. The summed E-state index contributed by atoms with van der Waals surface area (Å²) in [5, 5.41) is 10.9. The summed E-state index contributed by atoms with van der Waals surface area (Å²) in [6, 6.07) is 9.08. The van der Waals surface area contributed by atoms with Crippen molar-refractivity contribution in [2.24, 2.45) is 0 Å². The van der Waals surface area contributed by atoms with Crippen molar-refractivity contribution in [3.05, 3.63) is 63.2 Å². The smallest absolute Gasteiger partial charge is 0.339 e. The normalized spacial score (nSPS) is 11.2. The maximum atomic E-state index is 12.4. The van der Waals surface area contributed by atoms with Gasteiger partial charge in [-0.2, -0.15) is 8.42 Å². The van der Waals surface area contributed by atoms with E-state index in [1.165, 1.54) is 25.1 Å². The van der Waals surface area contributed by atoms with Crippen LogP contribution in [0.15, 0.2) is 41.3 Å². The average molecular weight is 321 g/mol. The summed E-state index contributed by atoms with van der Waals surface area (Å²) in [4.78, 5) is 10.1. The summed E-state index contributed by atoms with van der Waals surface area (Å²) < 4.78 is 30.0. The van der Waals surface area contributed by atoms with E-state index in [-0.39, 0.29) is 21.9 Å². The van der Waals surface area contributed by atoms with Gasteiger partial charge in [0, 0.05) is 11.6 Å². The summed E-state index contributed by atoms with van der Waals surface area (Å²) in [6.45, 7) is 4.93. The highest BCUT2D eigenvalue weighted by Crippen LogP contribution is 2.28. The molecule has 0 aliphatic carbocycles. The fourth-order valence-electron chi connectivity index (χ4n) is 2.03. The molecule has 0 fully saturated rings. The first-order chi connectivity index (χ1) is 10.2. The van der Waals surface area contributed by atoms with E-state index in [0.29, 0.717) is 5.56 Å². The maximum absolute atomic E-state index is 12.4. The zero-order chi connectivity index (χ0) is 16.5. The molecular formula is C15H15NO5S. The quantitative estimate of drug-likeness (QED) is 0.490. The van der Waals surface area contributed by atoms with Gasteiger partial charge in [0.15, 0.2) is 0 Å². The Morgan fingerprint density at radius 3 is 2.41 bits per heavy atom. The lowest BCUT2D eigenvalue weighted by atomic mass is 10.1. The van der Waals surface area contributed by atoms with Crippen molar-refractivity contribution in [1.82, 2.24) is 0 Å². The van der Waals surface area contributed by atoms with Crippen molar-refractivity contribution in [1.29, 1.82) is 0 Å². The van der Waals surface area contributed by atoms with Crippen LogP contribution in [-0.4, -0.2) is 13.3 Å². The van der Waals surface area contributed by atoms with Crippen LogP contribution in [0.3, 0.4) is 0 Å².